The molecule has 1 aliphatic heterocycles. The van der Waals surface area contributed by atoms with E-state index in [-0.39, 0.29) is 16.1 Å². The molecule has 11 heteroatoms. The molecule has 1 fully saturated rings. The number of amides is 1. The van der Waals surface area contributed by atoms with E-state index in [2.05, 4.69) is 5.32 Å². The number of ether oxygens (including phenoxy) is 1. The lowest BCUT2D eigenvalue weighted by Gasteiger charge is -2.26. The number of benzene rings is 2. The highest BCUT2D eigenvalue weighted by Crippen LogP contribution is 2.25. The van der Waals surface area contributed by atoms with Gasteiger partial charge in [0.25, 0.3) is 11.6 Å². The van der Waals surface area contributed by atoms with Crippen LogP contribution in [0.15, 0.2) is 47.4 Å². The second-order valence-electron chi connectivity index (χ2n) is 7.37. The van der Waals surface area contributed by atoms with E-state index in [0.29, 0.717) is 24.3 Å². The third kappa shape index (κ3) is 5.48. The van der Waals surface area contributed by atoms with Crippen LogP contribution in [0, 0.1) is 17.0 Å². The van der Waals surface area contributed by atoms with Crippen molar-refractivity contribution in [2.75, 3.05) is 25.0 Å². The van der Waals surface area contributed by atoms with Crippen molar-refractivity contribution < 1.29 is 27.7 Å². The second-order valence-corrected chi connectivity index (χ2v) is 9.31. The summed E-state index contributed by atoms with van der Waals surface area (Å²) in [6.45, 7) is 2.00. The SMILES string of the molecule is Cc1ccc(S(=O)(=O)N2CCCCC2)cc1NC(=O)COC(=O)c1cccc([N+](=O)[O-])c1. The highest BCUT2D eigenvalue weighted by molar-refractivity contribution is 7.89. The van der Waals surface area contributed by atoms with Gasteiger partial charge in [-0.15, -0.1) is 0 Å². The van der Waals surface area contributed by atoms with Crippen LogP contribution in [-0.2, 0) is 19.6 Å². The number of anilines is 1. The number of non-ortho nitro benzene ring substituents is 1. The van der Waals surface area contributed by atoms with Crippen molar-refractivity contribution >= 4 is 33.3 Å². The zero-order valence-electron chi connectivity index (χ0n) is 17.4. The van der Waals surface area contributed by atoms with Gasteiger partial charge in [-0.2, -0.15) is 4.31 Å². The summed E-state index contributed by atoms with van der Waals surface area (Å²) in [7, 11) is -3.67. The van der Waals surface area contributed by atoms with E-state index < -0.39 is 33.4 Å². The first kappa shape index (κ1) is 23.4. The molecular formula is C21H23N3O7S. The van der Waals surface area contributed by atoms with Crippen molar-refractivity contribution in [2.45, 2.75) is 31.1 Å². The van der Waals surface area contributed by atoms with Crippen molar-refractivity contribution in [3.63, 3.8) is 0 Å². The molecule has 32 heavy (non-hydrogen) atoms. The van der Waals surface area contributed by atoms with Gasteiger partial charge in [0.2, 0.25) is 10.0 Å². The molecule has 0 spiro atoms. The standard InChI is InChI=1S/C21H23N3O7S/c1-15-8-9-18(32(29,30)23-10-3-2-4-11-23)13-19(15)22-20(25)14-31-21(26)16-6-5-7-17(12-16)24(27)28/h5-9,12-13H,2-4,10-11,14H2,1H3,(H,22,25). The van der Waals surface area contributed by atoms with Gasteiger partial charge in [-0.05, 0) is 43.5 Å². The lowest BCUT2D eigenvalue weighted by atomic mass is 10.2. The molecule has 1 heterocycles. The smallest absolute Gasteiger partial charge is 0.338 e. The summed E-state index contributed by atoms with van der Waals surface area (Å²) in [6, 6.07) is 9.45. The lowest BCUT2D eigenvalue weighted by molar-refractivity contribution is -0.384. The first-order valence-electron chi connectivity index (χ1n) is 10.0. The molecule has 2 aromatic rings. The molecule has 0 radical (unpaired) electrons. The molecule has 170 valence electrons. The van der Waals surface area contributed by atoms with Crippen LogP contribution in [0.1, 0.15) is 35.2 Å². The fourth-order valence-corrected chi connectivity index (χ4v) is 4.84. The van der Waals surface area contributed by atoms with Gasteiger partial charge in [0.15, 0.2) is 6.61 Å². The highest BCUT2D eigenvalue weighted by atomic mass is 32.2. The van der Waals surface area contributed by atoms with E-state index in [9.17, 15) is 28.1 Å². The maximum atomic E-state index is 12.9. The van der Waals surface area contributed by atoms with E-state index in [0.717, 1.165) is 25.3 Å². The third-order valence-electron chi connectivity index (χ3n) is 5.06. The Hall–Kier alpha value is -3.31. The molecule has 10 nitrogen and oxygen atoms in total. The summed E-state index contributed by atoms with van der Waals surface area (Å²) < 4.78 is 32.1. The average molecular weight is 461 g/mol. The summed E-state index contributed by atoms with van der Waals surface area (Å²) in [6.07, 6.45) is 2.62. The van der Waals surface area contributed by atoms with E-state index in [1.54, 1.807) is 13.0 Å². The van der Waals surface area contributed by atoms with Gasteiger partial charge in [-0.25, -0.2) is 13.2 Å². The fraction of sp³-hybridized carbons (Fsp3) is 0.333. The molecule has 0 aromatic heterocycles. The van der Waals surface area contributed by atoms with Crippen LogP contribution in [0.4, 0.5) is 11.4 Å². The Morgan fingerprint density at radius 2 is 1.84 bits per heavy atom. The van der Waals surface area contributed by atoms with Gasteiger partial charge in [0, 0.05) is 30.9 Å². The number of sulfonamides is 1. The minimum atomic E-state index is -3.67. The average Bonchev–Trinajstić information content (AvgIpc) is 2.79. The predicted octanol–water partition coefficient (Wildman–Crippen LogP) is 2.87. The van der Waals surface area contributed by atoms with Crippen LogP contribution in [0.2, 0.25) is 0 Å². The van der Waals surface area contributed by atoms with Gasteiger partial charge in [0.05, 0.1) is 15.4 Å². The largest absolute Gasteiger partial charge is 0.452 e. The number of aryl methyl sites for hydroxylation is 1. The van der Waals surface area contributed by atoms with Crippen LogP contribution < -0.4 is 5.32 Å². The molecule has 0 aliphatic carbocycles. The number of nitrogens with one attached hydrogen (secondary N) is 1. The lowest BCUT2D eigenvalue weighted by Crippen LogP contribution is -2.35. The number of esters is 1. The summed E-state index contributed by atoms with van der Waals surface area (Å²) in [5.74, 6) is -1.55. The molecule has 3 rings (SSSR count). The number of carbonyl (C=O) groups is 2. The highest BCUT2D eigenvalue weighted by Gasteiger charge is 2.26. The van der Waals surface area contributed by atoms with E-state index >= 15 is 0 Å². The Kier molecular flexibility index (Phi) is 7.21. The van der Waals surface area contributed by atoms with E-state index in [1.165, 1.54) is 34.6 Å². The van der Waals surface area contributed by atoms with Gasteiger partial charge in [0.1, 0.15) is 0 Å². The first-order chi connectivity index (χ1) is 15.2. The minimum absolute atomic E-state index is 0.0576. The van der Waals surface area contributed by atoms with Gasteiger partial charge >= 0.3 is 5.97 Å². The molecule has 0 saturated carbocycles. The Bertz CT molecular complexity index is 1140. The predicted molar refractivity (Wildman–Crippen MR) is 116 cm³/mol. The maximum Gasteiger partial charge on any atom is 0.338 e. The first-order valence-corrected chi connectivity index (χ1v) is 11.4. The van der Waals surface area contributed by atoms with Gasteiger partial charge in [-0.3, -0.25) is 14.9 Å². The molecule has 1 N–H and O–H groups in total. The molecule has 1 aliphatic rings. The monoisotopic (exact) mass is 461 g/mol. The molecule has 1 amide bonds. The zero-order chi connectivity index (χ0) is 23.3. The summed E-state index contributed by atoms with van der Waals surface area (Å²) in [4.78, 5) is 34.6. The van der Waals surface area contributed by atoms with Gasteiger partial charge in [-0.1, -0.05) is 18.6 Å². The Morgan fingerprint density at radius 1 is 1.12 bits per heavy atom. The molecule has 0 atom stereocenters. The fourth-order valence-electron chi connectivity index (χ4n) is 3.30. The topological polar surface area (TPSA) is 136 Å². The number of piperidine rings is 1. The van der Waals surface area contributed by atoms with Gasteiger partial charge < -0.3 is 10.1 Å². The van der Waals surface area contributed by atoms with Crippen molar-refractivity contribution in [3.8, 4) is 0 Å². The Morgan fingerprint density at radius 3 is 2.53 bits per heavy atom. The van der Waals surface area contributed by atoms with Crippen LogP contribution in [-0.4, -0.2) is 49.2 Å². The summed E-state index contributed by atoms with van der Waals surface area (Å²) in [5, 5.41) is 13.4. The summed E-state index contributed by atoms with van der Waals surface area (Å²) in [5.41, 5.74) is 0.601. The number of rotatable bonds is 7. The minimum Gasteiger partial charge on any atom is -0.452 e. The maximum absolute atomic E-state index is 12.9. The van der Waals surface area contributed by atoms with Crippen LogP contribution >= 0.6 is 0 Å². The number of carbonyl (C=O) groups excluding carboxylic acids is 2. The zero-order valence-corrected chi connectivity index (χ0v) is 18.3. The van der Waals surface area contributed by atoms with Crippen molar-refractivity contribution in [3.05, 3.63) is 63.7 Å². The van der Waals surface area contributed by atoms with E-state index in [1.807, 2.05) is 0 Å². The second kappa shape index (κ2) is 9.88. The normalized spacial score (nSPS) is 14.5. The molecule has 1 saturated heterocycles. The quantitative estimate of drug-likeness (QED) is 0.380. The molecule has 0 unspecified atom stereocenters. The number of hydrogen-bond donors (Lipinski definition) is 1. The van der Waals surface area contributed by atoms with Crippen LogP contribution in [0.3, 0.4) is 0 Å². The molecular weight excluding hydrogens is 438 g/mol. The third-order valence-corrected chi connectivity index (χ3v) is 6.96. The summed E-state index contributed by atoms with van der Waals surface area (Å²) >= 11 is 0. The number of nitro benzene ring substituents is 1. The van der Waals surface area contributed by atoms with Crippen molar-refractivity contribution in [2.24, 2.45) is 0 Å². The van der Waals surface area contributed by atoms with Crippen molar-refractivity contribution in [1.82, 2.24) is 4.31 Å². The number of nitro groups is 1. The molecule has 2 aromatic carbocycles. The van der Waals surface area contributed by atoms with Crippen molar-refractivity contribution in [1.29, 1.82) is 0 Å². The Labute approximate surface area is 185 Å². The Balaban J connectivity index is 1.66. The number of hydrogen-bond acceptors (Lipinski definition) is 7. The van der Waals surface area contributed by atoms with Crippen LogP contribution in [0.25, 0.3) is 0 Å². The number of nitrogens with zero attached hydrogens (tertiary/aromatic N) is 2. The van der Waals surface area contributed by atoms with E-state index in [4.69, 9.17) is 4.74 Å². The molecule has 0 bridgehead atoms. The van der Waals surface area contributed by atoms with Crippen LogP contribution in [0.5, 0.6) is 0 Å².